The molecule has 0 radical (unpaired) electrons. The van der Waals surface area contributed by atoms with Gasteiger partial charge in [-0.3, -0.25) is 4.98 Å². The summed E-state index contributed by atoms with van der Waals surface area (Å²) in [6.45, 7) is 0. The standard InChI is InChI=1S/C20H15N5O/c26-25-17(11-13-5-2-1-3-6-13)24-18-15-7-4-9-22-20(15)23-16-12-21-10-8-14(16)19(18)25/h1-10,12,26H,11H2,(H,22,23). The predicted octanol–water partition coefficient (Wildman–Crippen LogP) is 3.89. The van der Waals surface area contributed by atoms with Crippen molar-refractivity contribution >= 4 is 11.5 Å². The Morgan fingerprint density at radius 2 is 1.85 bits per heavy atom. The van der Waals surface area contributed by atoms with E-state index in [0.29, 0.717) is 29.5 Å². The molecule has 0 bridgehead atoms. The first kappa shape index (κ1) is 14.7. The summed E-state index contributed by atoms with van der Waals surface area (Å²) in [6, 6.07) is 15.7. The summed E-state index contributed by atoms with van der Waals surface area (Å²) in [7, 11) is 0. The Morgan fingerprint density at radius 1 is 0.962 bits per heavy atom. The third kappa shape index (κ3) is 2.23. The van der Waals surface area contributed by atoms with Crippen LogP contribution in [0.2, 0.25) is 0 Å². The van der Waals surface area contributed by atoms with Gasteiger partial charge in [0.15, 0.2) is 0 Å². The molecule has 1 aliphatic heterocycles. The lowest BCUT2D eigenvalue weighted by Gasteiger charge is -2.09. The van der Waals surface area contributed by atoms with Crippen molar-refractivity contribution in [2.45, 2.75) is 6.42 Å². The Bertz CT molecular complexity index is 1100. The van der Waals surface area contributed by atoms with Crippen LogP contribution in [0.15, 0.2) is 67.1 Å². The molecule has 0 unspecified atom stereocenters. The lowest BCUT2D eigenvalue weighted by molar-refractivity contribution is 0.181. The molecular formula is C20H15N5O. The van der Waals surface area contributed by atoms with Gasteiger partial charge in [-0.15, -0.1) is 0 Å². The van der Waals surface area contributed by atoms with E-state index < -0.39 is 0 Å². The number of imidazole rings is 1. The third-order valence-electron chi connectivity index (χ3n) is 4.52. The lowest BCUT2D eigenvalue weighted by atomic mass is 10.1. The maximum Gasteiger partial charge on any atom is 0.150 e. The van der Waals surface area contributed by atoms with Crippen molar-refractivity contribution in [3.8, 4) is 22.5 Å². The second kappa shape index (κ2) is 5.70. The van der Waals surface area contributed by atoms with Gasteiger partial charge < -0.3 is 10.5 Å². The maximum absolute atomic E-state index is 10.9. The smallest absolute Gasteiger partial charge is 0.150 e. The molecule has 0 atom stereocenters. The van der Waals surface area contributed by atoms with Crippen molar-refractivity contribution in [2.75, 3.05) is 5.32 Å². The topological polar surface area (TPSA) is 75.9 Å². The minimum absolute atomic E-state index is 0.535. The van der Waals surface area contributed by atoms with E-state index in [9.17, 15) is 5.21 Å². The Kier molecular flexibility index (Phi) is 3.21. The molecule has 0 fully saturated rings. The summed E-state index contributed by atoms with van der Waals surface area (Å²) >= 11 is 0. The van der Waals surface area contributed by atoms with E-state index >= 15 is 0 Å². The van der Waals surface area contributed by atoms with Crippen molar-refractivity contribution in [1.29, 1.82) is 0 Å². The van der Waals surface area contributed by atoms with Crippen molar-refractivity contribution in [3.05, 3.63) is 78.5 Å². The predicted molar refractivity (Wildman–Crippen MR) is 98.4 cm³/mol. The van der Waals surface area contributed by atoms with Gasteiger partial charge in [0.1, 0.15) is 23.0 Å². The molecule has 5 rings (SSSR count). The summed E-state index contributed by atoms with van der Waals surface area (Å²) in [6.07, 6.45) is 5.70. The Morgan fingerprint density at radius 3 is 2.73 bits per heavy atom. The monoisotopic (exact) mass is 341 g/mol. The molecule has 0 aliphatic carbocycles. The number of anilines is 2. The molecular weight excluding hydrogens is 326 g/mol. The average molecular weight is 341 g/mol. The lowest BCUT2D eigenvalue weighted by Crippen LogP contribution is -2.03. The van der Waals surface area contributed by atoms with Crippen LogP contribution in [0.1, 0.15) is 11.4 Å². The van der Waals surface area contributed by atoms with E-state index in [2.05, 4.69) is 15.3 Å². The molecule has 0 spiro atoms. The zero-order chi connectivity index (χ0) is 17.5. The van der Waals surface area contributed by atoms with Crippen molar-refractivity contribution in [2.24, 2.45) is 0 Å². The Balaban J connectivity index is 1.75. The van der Waals surface area contributed by atoms with Gasteiger partial charge in [-0.05, 0) is 23.8 Å². The largest absolute Gasteiger partial charge is 0.427 e. The molecule has 0 amide bonds. The van der Waals surface area contributed by atoms with Crippen molar-refractivity contribution in [1.82, 2.24) is 19.7 Å². The molecule has 4 aromatic rings. The number of nitrogens with zero attached hydrogens (tertiary/aromatic N) is 4. The van der Waals surface area contributed by atoms with Crippen LogP contribution >= 0.6 is 0 Å². The SMILES string of the molecule is On1c(Cc2ccccc2)nc2c1-c1ccncc1Nc1ncccc1-2. The number of hydrogen-bond donors (Lipinski definition) is 2. The van der Waals surface area contributed by atoms with Crippen LogP contribution in [0.25, 0.3) is 22.5 Å². The minimum Gasteiger partial charge on any atom is -0.427 e. The van der Waals surface area contributed by atoms with Crippen LogP contribution in [0.4, 0.5) is 11.5 Å². The second-order valence-electron chi connectivity index (χ2n) is 6.15. The Hall–Kier alpha value is -3.67. The van der Waals surface area contributed by atoms with Gasteiger partial charge in [-0.2, -0.15) is 4.73 Å². The van der Waals surface area contributed by atoms with Crippen LogP contribution in [-0.2, 0) is 6.42 Å². The van der Waals surface area contributed by atoms with Crippen LogP contribution in [-0.4, -0.2) is 24.9 Å². The summed E-state index contributed by atoms with van der Waals surface area (Å²) in [5, 5.41) is 14.2. The van der Waals surface area contributed by atoms with Gasteiger partial charge in [-0.1, -0.05) is 30.3 Å². The highest BCUT2D eigenvalue weighted by Gasteiger charge is 2.27. The zero-order valence-electron chi connectivity index (χ0n) is 13.8. The number of aromatic nitrogens is 4. The number of fused-ring (bicyclic) bond motifs is 5. The summed E-state index contributed by atoms with van der Waals surface area (Å²) in [4.78, 5) is 13.4. The molecule has 26 heavy (non-hydrogen) atoms. The molecule has 1 aromatic carbocycles. The van der Waals surface area contributed by atoms with E-state index in [1.54, 1.807) is 18.6 Å². The van der Waals surface area contributed by atoms with Gasteiger partial charge in [0.05, 0.1) is 11.9 Å². The van der Waals surface area contributed by atoms with Gasteiger partial charge in [0.25, 0.3) is 0 Å². The average Bonchev–Trinajstić information content (AvgIpc) is 2.92. The number of pyridine rings is 2. The first-order valence-corrected chi connectivity index (χ1v) is 8.33. The maximum atomic E-state index is 10.9. The molecule has 2 N–H and O–H groups in total. The number of nitrogens with one attached hydrogen (secondary N) is 1. The molecule has 1 aliphatic rings. The summed E-state index contributed by atoms with van der Waals surface area (Å²) in [5.74, 6) is 1.28. The third-order valence-corrected chi connectivity index (χ3v) is 4.52. The number of rotatable bonds is 2. The van der Waals surface area contributed by atoms with E-state index in [1.165, 1.54) is 4.73 Å². The Labute approximate surface area is 149 Å². The van der Waals surface area contributed by atoms with Crippen molar-refractivity contribution in [3.63, 3.8) is 0 Å². The highest BCUT2D eigenvalue weighted by Crippen LogP contribution is 2.42. The van der Waals surface area contributed by atoms with E-state index in [-0.39, 0.29) is 0 Å². The van der Waals surface area contributed by atoms with Gasteiger partial charge >= 0.3 is 0 Å². The van der Waals surface area contributed by atoms with Crippen LogP contribution < -0.4 is 5.32 Å². The number of hydrogen-bond acceptors (Lipinski definition) is 5. The fourth-order valence-electron chi connectivity index (χ4n) is 3.31. The highest BCUT2D eigenvalue weighted by molar-refractivity contribution is 5.94. The van der Waals surface area contributed by atoms with Crippen LogP contribution in [0, 0.1) is 0 Å². The molecule has 126 valence electrons. The van der Waals surface area contributed by atoms with Crippen molar-refractivity contribution < 1.29 is 5.21 Å². The number of benzene rings is 1. The molecule has 6 heteroatoms. The molecule has 4 heterocycles. The van der Waals surface area contributed by atoms with Crippen LogP contribution in [0.5, 0.6) is 0 Å². The van der Waals surface area contributed by atoms with E-state index in [0.717, 1.165) is 22.4 Å². The molecule has 3 aromatic heterocycles. The molecule has 6 nitrogen and oxygen atoms in total. The first-order valence-electron chi connectivity index (χ1n) is 8.33. The molecule has 0 saturated heterocycles. The van der Waals surface area contributed by atoms with Gasteiger partial charge in [-0.25, -0.2) is 9.97 Å². The van der Waals surface area contributed by atoms with Gasteiger partial charge in [0, 0.05) is 29.9 Å². The fourth-order valence-corrected chi connectivity index (χ4v) is 3.31. The minimum atomic E-state index is 0.535. The summed E-state index contributed by atoms with van der Waals surface area (Å²) < 4.78 is 1.19. The first-order chi connectivity index (χ1) is 12.8. The van der Waals surface area contributed by atoms with E-state index in [1.807, 2.05) is 48.5 Å². The quantitative estimate of drug-likeness (QED) is 0.476. The fraction of sp³-hybridized carbons (Fsp3) is 0.0500. The van der Waals surface area contributed by atoms with E-state index in [4.69, 9.17) is 4.98 Å². The zero-order valence-corrected chi connectivity index (χ0v) is 13.8. The van der Waals surface area contributed by atoms with Crippen LogP contribution in [0.3, 0.4) is 0 Å². The molecule has 0 saturated carbocycles. The van der Waals surface area contributed by atoms with Gasteiger partial charge in [0.2, 0.25) is 0 Å². The highest BCUT2D eigenvalue weighted by atomic mass is 16.5. The normalized spacial score (nSPS) is 11.7. The summed E-state index contributed by atoms with van der Waals surface area (Å²) in [5.41, 5.74) is 4.91. The second-order valence-corrected chi connectivity index (χ2v) is 6.15.